The summed E-state index contributed by atoms with van der Waals surface area (Å²) in [6.45, 7) is 6.66. The molecule has 0 aromatic heterocycles. The van der Waals surface area contributed by atoms with E-state index in [1.54, 1.807) is 13.2 Å². The number of likely N-dealkylation sites (tertiary alicyclic amines) is 1. The summed E-state index contributed by atoms with van der Waals surface area (Å²) in [5.41, 5.74) is 1.13. The highest BCUT2D eigenvalue weighted by atomic mass is 127. The SMILES string of the molecule is CCNC(=NCCCc1ccc(Cl)cc1Cl)N1CCC(COC)C1.I. The van der Waals surface area contributed by atoms with Gasteiger partial charge in [0.05, 0.1) is 6.61 Å². The minimum absolute atomic E-state index is 0. The van der Waals surface area contributed by atoms with Crippen LogP contribution in [0.4, 0.5) is 0 Å². The average Bonchev–Trinajstić information content (AvgIpc) is 3.01. The van der Waals surface area contributed by atoms with Gasteiger partial charge < -0.3 is 15.0 Å². The summed E-state index contributed by atoms with van der Waals surface area (Å²) in [5, 5.41) is 4.81. The molecular weight excluding hydrogens is 472 g/mol. The van der Waals surface area contributed by atoms with Gasteiger partial charge in [0.25, 0.3) is 0 Å². The van der Waals surface area contributed by atoms with Crippen molar-refractivity contribution in [2.45, 2.75) is 26.2 Å². The Morgan fingerprint density at radius 1 is 1.40 bits per heavy atom. The molecular formula is C18H28Cl2IN3O. The van der Waals surface area contributed by atoms with E-state index < -0.39 is 0 Å². The van der Waals surface area contributed by atoms with Crippen molar-refractivity contribution in [3.63, 3.8) is 0 Å². The lowest BCUT2D eigenvalue weighted by Gasteiger charge is -2.21. The summed E-state index contributed by atoms with van der Waals surface area (Å²) < 4.78 is 5.27. The van der Waals surface area contributed by atoms with Gasteiger partial charge in [0.1, 0.15) is 0 Å². The van der Waals surface area contributed by atoms with Crippen molar-refractivity contribution in [2.24, 2.45) is 10.9 Å². The van der Waals surface area contributed by atoms with Gasteiger partial charge in [0, 0.05) is 49.3 Å². The second kappa shape index (κ2) is 12.2. The molecule has 0 spiro atoms. The molecule has 1 fully saturated rings. The first-order valence-electron chi connectivity index (χ1n) is 8.60. The molecule has 1 saturated heterocycles. The molecule has 1 heterocycles. The molecule has 0 bridgehead atoms. The fourth-order valence-corrected chi connectivity index (χ4v) is 3.50. The maximum absolute atomic E-state index is 6.22. The van der Waals surface area contributed by atoms with Crippen LogP contribution in [0, 0.1) is 5.92 Å². The Bertz CT molecular complexity index is 557. The highest BCUT2D eigenvalue weighted by molar-refractivity contribution is 14.0. The van der Waals surface area contributed by atoms with Crippen LogP contribution >= 0.6 is 47.2 Å². The standard InChI is InChI=1S/C18H27Cl2N3O.HI/c1-3-21-18(23-10-8-14(12-23)13-24-2)22-9-4-5-15-6-7-16(19)11-17(15)20;/h6-7,11,14H,3-5,8-10,12-13H2,1-2H3,(H,21,22);1H. The molecule has 25 heavy (non-hydrogen) atoms. The molecule has 1 aromatic rings. The Morgan fingerprint density at radius 2 is 2.20 bits per heavy atom. The summed E-state index contributed by atoms with van der Waals surface area (Å²) in [7, 11) is 1.77. The van der Waals surface area contributed by atoms with Crippen LogP contribution in [0.2, 0.25) is 10.0 Å². The topological polar surface area (TPSA) is 36.9 Å². The smallest absolute Gasteiger partial charge is 0.193 e. The number of hydrogen-bond acceptors (Lipinski definition) is 2. The van der Waals surface area contributed by atoms with E-state index in [0.29, 0.717) is 10.9 Å². The maximum Gasteiger partial charge on any atom is 0.193 e. The summed E-state index contributed by atoms with van der Waals surface area (Å²) in [6, 6.07) is 5.68. The van der Waals surface area contributed by atoms with Crippen LogP contribution in [0.1, 0.15) is 25.3 Å². The number of halogens is 3. The van der Waals surface area contributed by atoms with Crippen LogP contribution in [-0.4, -0.2) is 50.8 Å². The van der Waals surface area contributed by atoms with Gasteiger partial charge in [-0.2, -0.15) is 0 Å². The zero-order valence-electron chi connectivity index (χ0n) is 14.9. The summed E-state index contributed by atoms with van der Waals surface area (Å²) >= 11 is 12.1. The summed E-state index contributed by atoms with van der Waals surface area (Å²) in [4.78, 5) is 7.11. The first kappa shape index (κ1) is 22.8. The molecule has 2 rings (SSSR count). The van der Waals surface area contributed by atoms with Gasteiger partial charge in [-0.25, -0.2) is 0 Å². The van der Waals surface area contributed by atoms with E-state index in [2.05, 4.69) is 17.1 Å². The summed E-state index contributed by atoms with van der Waals surface area (Å²) in [5.74, 6) is 1.62. The Kier molecular flexibility index (Phi) is 11.1. The van der Waals surface area contributed by atoms with Crippen molar-refractivity contribution < 1.29 is 4.74 Å². The lowest BCUT2D eigenvalue weighted by Crippen LogP contribution is -2.40. The van der Waals surface area contributed by atoms with Gasteiger partial charge in [0.15, 0.2) is 5.96 Å². The molecule has 0 amide bonds. The normalized spacial score (nSPS) is 17.5. The van der Waals surface area contributed by atoms with E-state index in [1.165, 1.54) is 6.42 Å². The van der Waals surface area contributed by atoms with Crippen molar-refractivity contribution in [2.75, 3.05) is 39.9 Å². The molecule has 1 unspecified atom stereocenters. The van der Waals surface area contributed by atoms with Crippen molar-refractivity contribution in [3.05, 3.63) is 33.8 Å². The third kappa shape index (κ3) is 7.49. The highest BCUT2D eigenvalue weighted by Crippen LogP contribution is 2.22. The quantitative estimate of drug-likeness (QED) is 0.260. The van der Waals surface area contributed by atoms with Crippen molar-refractivity contribution >= 4 is 53.1 Å². The number of nitrogens with zero attached hydrogens (tertiary/aromatic N) is 2. The predicted molar refractivity (Wildman–Crippen MR) is 118 cm³/mol. The van der Waals surface area contributed by atoms with E-state index in [4.69, 9.17) is 32.9 Å². The zero-order chi connectivity index (χ0) is 17.4. The Balaban J connectivity index is 0.00000312. The number of ether oxygens (including phenoxy) is 1. The lowest BCUT2D eigenvalue weighted by molar-refractivity contribution is 0.157. The first-order valence-corrected chi connectivity index (χ1v) is 9.35. The van der Waals surface area contributed by atoms with E-state index in [9.17, 15) is 0 Å². The monoisotopic (exact) mass is 499 g/mol. The van der Waals surface area contributed by atoms with E-state index >= 15 is 0 Å². The van der Waals surface area contributed by atoms with Gasteiger partial charge in [-0.05, 0) is 43.9 Å². The molecule has 1 aliphatic heterocycles. The van der Waals surface area contributed by atoms with Gasteiger partial charge in [-0.15, -0.1) is 24.0 Å². The molecule has 7 heteroatoms. The molecule has 0 radical (unpaired) electrons. The molecule has 1 aromatic carbocycles. The second-order valence-electron chi connectivity index (χ2n) is 6.13. The number of benzene rings is 1. The van der Waals surface area contributed by atoms with Crippen LogP contribution in [0.25, 0.3) is 0 Å². The fraction of sp³-hybridized carbons (Fsp3) is 0.611. The molecule has 142 valence electrons. The first-order chi connectivity index (χ1) is 11.6. The van der Waals surface area contributed by atoms with E-state index in [0.717, 1.165) is 62.2 Å². The van der Waals surface area contributed by atoms with E-state index in [-0.39, 0.29) is 24.0 Å². The van der Waals surface area contributed by atoms with Crippen LogP contribution < -0.4 is 5.32 Å². The number of hydrogen-bond donors (Lipinski definition) is 1. The number of guanidine groups is 1. The van der Waals surface area contributed by atoms with E-state index in [1.807, 2.05) is 12.1 Å². The largest absolute Gasteiger partial charge is 0.384 e. The highest BCUT2D eigenvalue weighted by Gasteiger charge is 2.24. The third-order valence-electron chi connectivity index (χ3n) is 4.20. The molecule has 0 saturated carbocycles. The third-order valence-corrected chi connectivity index (χ3v) is 4.79. The maximum atomic E-state index is 6.22. The van der Waals surface area contributed by atoms with Gasteiger partial charge >= 0.3 is 0 Å². The summed E-state index contributed by atoms with van der Waals surface area (Å²) in [6.07, 6.45) is 3.04. The van der Waals surface area contributed by atoms with Crippen molar-refractivity contribution in [1.82, 2.24) is 10.2 Å². The molecule has 1 atom stereocenters. The molecule has 1 aliphatic rings. The molecule has 0 aliphatic carbocycles. The number of methoxy groups -OCH3 is 1. The van der Waals surface area contributed by atoms with Crippen molar-refractivity contribution in [3.8, 4) is 0 Å². The van der Waals surface area contributed by atoms with Crippen LogP contribution in [-0.2, 0) is 11.2 Å². The number of rotatable bonds is 7. The minimum Gasteiger partial charge on any atom is -0.384 e. The Hall–Kier alpha value is -0.240. The molecule has 1 N–H and O–H groups in total. The second-order valence-corrected chi connectivity index (χ2v) is 6.97. The van der Waals surface area contributed by atoms with Gasteiger partial charge in [-0.1, -0.05) is 29.3 Å². The number of aliphatic imine (C=N–C) groups is 1. The van der Waals surface area contributed by atoms with Crippen molar-refractivity contribution in [1.29, 1.82) is 0 Å². The fourth-order valence-electron chi connectivity index (χ4n) is 3.00. The van der Waals surface area contributed by atoms with Crippen LogP contribution in [0.3, 0.4) is 0 Å². The Labute approximate surface area is 178 Å². The number of aryl methyl sites for hydroxylation is 1. The molecule has 4 nitrogen and oxygen atoms in total. The number of nitrogens with one attached hydrogen (secondary N) is 1. The van der Waals surface area contributed by atoms with Gasteiger partial charge in [0.2, 0.25) is 0 Å². The Morgan fingerprint density at radius 3 is 2.88 bits per heavy atom. The zero-order valence-corrected chi connectivity index (χ0v) is 18.8. The van der Waals surface area contributed by atoms with Crippen LogP contribution in [0.5, 0.6) is 0 Å². The minimum atomic E-state index is 0. The van der Waals surface area contributed by atoms with Gasteiger partial charge in [-0.3, -0.25) is 4.99 Å². The lowest BCUT2D eigenvalue weighted by atomic mass is 10.1. The van der Waals surface area contributed by atoms with Crippen LogP contribution in [0.15, 0.2) is 23.2 Å². The predicted octanol–water partition coefficient (Wildman–Crippen LogP) is 4.48. The average molecular weight is 500 g/mol.